The van der Waals surface area contributed by atoms with E-state index in [9.17, 15) is 13.2 Å². The largest absolute Gasteiger partial charge is 0.389 e. The van der Waals surface area contributed by atoms with Gasteiger partial charge < -0.3 is 0 Å². The van der Waals surface area contributed by atoms with Crippen molar-refractivity contribution >= 4 is 0 Å². The van der Waals surface area contributed by atoms with Crippen LogP contribution in [0.1, 0.15) is 44.9 Å². The maximum atomic E-state index is 12.1. The van der Waals surface area contributed by atoms with Crippen LogP contribution in [0.5, 0.6) is 0 Å². The summed E-state index contributed by atoms with van der Waals surface area (Å²) in [7, 11) is 0. The Balaban J connectivity index is 2.48. The Labute approximate surface area is 83.2 Å². The molecule has 1 fully saturated rings. The third-order valence-electron chi connectivity index (χ3n) is 3.19. The molecule has 0 aromatic rings. The Morgan fingerprint density at radius 3 is 2.14 bits per heavy atom. The van der Waals surface area contributed by atoms with Gasteiger partial charge in [0, 0.05) is 6.42 Å². The van der Waals surface area contributed by atoms with Crippen molar-refractivity contribution in [2.24, 2.45) is 5.41 Å². The molecule has 0 atom stereocenters. The van der Waals surface area contributed by atoms with Crippen LogP contribution in [-0.2, 0) is 0 Å². The highest BCUT2D eigenvalue weighted by Crippen LogP contribution is 2.43. The molecule has 1 rings (SSSR count). The minimum absolute atomic E-state index is 0.222. The first-order chi connectivity index (χ1) is 6.47. The van der Waals surface area contributed by atoms with Crippen LogP contribution in [0.3, 0.4) is 0 Å². The van der Waals surface area contributed by atoms with Crippen LogP contribution in [0.2, 0.25) is 0 Å². The van der Waals surface area contributed by atoms with Crippen LogP contribution in [-0.4, -0.2) is 6.18 Å². The van der Waals surface area contributed by atoms with Crippen molar-refractivity contribution in [3.63, 3.8) is 0 Å². The monoisotopic (exact) mass is 206 g/mol. The quantitative estimate of drug-likeness (QED) is 0.598. The molecule has 1 aliphatic rings. The molecular weight excluding hydrogens is 189 g/mol. The number of hydrogen-bond donors (Lipinski definition) is 0. The van der Waals surface area contributed by atoms with Gasteiger partial charge in [-0.2, -0.15) is 13.2 Å². The summed E-state index contributed by atoms with van der Waals surface area (Å²) in [5.74, 6) is 0. The topological polar surface area (TPSA) is 0 Å². The summed E-state index contributed by atoms with van der Waals surface area (Å²) in [6.45, 7) is 3.69. The van der Waals surface area contributed by atoms with Crippen LogP contribution in [0, 0.1) is 5.41 Å². The molecule has 1 aliphatic carbocycles. The molecule has 0 radical (unpaired) electrons. The molecule has 14 heavy (non-hydrogen) atoms. The highest BCUT2D eigenvalue weighted by atomic mass is 19.4. The normalized spacial score (nSPS) is 21.9. The zero-order valence-electron chi connectivity index (χ0n) is 8.37. The molecular formula is C11H17F3. The number of halogens is 3. The van der Waals surface area contributed by atoms with E-state index in [4.69, 9.17) is 0 Å². The molecule has 3 heteroatoms. The second kappa shape index (κ2) is 4.37. The van der Waals surface area contributed by atoms with Gasteiger partial charge in [0.05, 0.1) is 0 Å². The fourth-order valence-corrected chi connectivity index (χ4v) is 2.20. The van der Waals surface area contributed by atoms with E-state index in [1.54, 1.807) is 6.08 Å². The lowest BCUT2D eigenvalue weighted by atomic mass is 9.71. The predicted molar refractivity (Wildman–Crippen MR) is 51.0 cm³/mol. The van der Waals surface area contributed by atoms with E-state index in [1.807, 2.05) is 0 Å². The maximum absolute atomic E-state index is 12.1. The van der Waals surface area contributed by atoms with Gasteiger partial charge >= 0.3 is 6.18 Å². The van der Waals surface area contributed by atoms with E-state index >= 15 is 0 Å². The van der Waals surface area contributed by atoms with Crippen molar-refractivity contribution in [1.82, 2.24) is 0 Å². The van der Waals surface area contributed by atoms with Gasteiger partial charge in [-0.15, -0.1) is 6.58 Å². The summed E-state index contributed by atoms with van der Waals surface area (Å²) >= 11 is 0. The fraction of sp³-hybridized carbons (Fsp3) is 0.818. The molecule has 0 nitrogen and oxygen atoms in total. The van der Waals surface area contributed by atoms with Crippen molar-refractivity contribution in [3.05, 3.63) is 12.7 Å². The molecule has 0 unspecified atom stereocenters. The van der Waals surface area contributed by atoms with Gasteiger partial charge in [0.25, 0.3) is 0 Å². The standard InChI is InChI=1S/C11H17F3/c1-2-10(6-4-3-5-7-10)8-9-11(12,13)14/h2H,1,3-9H2. The van der Waals surface area contributed by atoms with Crippen LogP contribution in [0.25, 0.3) is 0 Å². The van der Waals surface area contributed by atoms with Gasteiger partial charge in [-0.1, -0.05) is 25.3 Å². The summed E-state index contributed by atoms with van der Waals surface area (Å²) in [5, 5.41) is 0. The van der Waals surface area contributed by atoms with Gasteiger partial charge in [0.1, 0.15) is 0 Å². The number of alkyl halides is 3. The Kier molecular flexibility index (Phi) is 3.62. The molecule has 82 valence electrons. The average molecular weight is 206 g/mol. The Morgan fingerprint density at radius 2 is 1.71 bits per heavy atom. The number of hydrogen-bond acceptors (Lipinski definition) is 0. The van der Waals surface area contributed by atoms with Gasteiger partial charge in [0.15, 0.2) is 0 Å². The van der Waals surface area contributed by atoms with Gasteiger partial charge in [0.2, 0.25) is 0 Å². The first kappa shape index (κ1) is 11.6. The lowest BCUT2D eigenvalue weighted by Gasteiger charge is -2.34. The molecule has 1 saturated carbocycles. The summed E-state index contributed by atoms with van der Waals surface area (Å²) in [6.07, 6.45) is 2.29. The average Bonchev–Trinajstić information content (AvgIpc) is 2.15. The Hall–Kier alpha value is -0.470. The second-order valence-electron chi connectivity index (χ2n) is 4.24. The van der Waals surface area contributed by atoms with E-state index in [0.29, 0.717) is 0 Å². The molecule has 0 aromatic heterocycles. The minimum Gasteiger partial charge on any atom is -0.171 e. The summed E-state index contributed by atoms with van der Waals surface area (Å²) < 4.78 is 36.2. The summed E-state index contributed by atoms with van der Waals surface area (Å²) in [6, 6.07) is 0. The molecule has 0 spiro atoms. The van der Waals surface area contributed by atoms with Gasteiger partial charge in [-0.3, -0.25) is 0 Å². The van der Waals surface area contributed by atoms with Gasteiger partial charge in [-0.25, -0.2) is 0 Å². The molecule has 0 aromatic carbocycles. The van der Waals surface area contributed by atoms with E-state index in [-0.39, 0.29) is 11.8 Å². The SMILES string of the molecule is C=CC1(CCC(F)(F)F)CCCCC1. The molecule has 0 heterocycles. The lowest BCUT2D eigenvalue weighted by molar-refractivity contribution is -0.140. The summed E-state index contributed by atoms with van der Waals surface area (Å²) in [5.41, 5.74) is -0.228. The van der Waals surface area contributed by atoms with Crippen molar-refractivity contribution in [2.45, 2.75) is 51.1 Å². The maximum Gasteiger partial charge on any atom is 0.389 e. The zero-order chi connectivity index (χ0) is 10.7. The highest BCUT2D eigenvalue weighted by Gasteiger charge is 2.35. The molecule has 0 bridgehead atoms. The first-order valence-corrected chi connectivity index (χ1v) is 5.18. The zero-order valence-corrected chi connectivity index (χ0v) is 8.37. The van der Waals surface area contributed by atoms with Crippen molar-refractivity contribution in [2.75, 3.05) is 0 Å². The number of allylic oxidation sites excluding steroid dienone is 1. The molecule has 0 saturated heterocycles. The Bertz CT molecular complexity index is 187. The van der Waals surface area contributed by atoms with Crippen molar-refractivity contribution < 1.29 is 13.2 Å². The van der Waals surface area contributed by atoms with Crippen LogP contribution in [0.15, 0.2) is 12.7 Å². The molecule has 0 amide bonds. The van der Waals surface area contributed by atoms with Crippen LogP contribution >= 0.6 is 0 Å². The predicted octanol–water partition coefficient (Wildman–Crippen LogP) is 4.47. The second-order valence-corrected chi connectivity index (χ2v) is 4.24. The molecule has 0 N–H and O–H groups in total. The molecule has 0 aliphatic heterocycles. The van der Waals surface area contributed by atoms with E-state index in [2.05, 4.69) is 6.58 Å². The third kappa shape index (κ3) is 3.35. The Morgan fingerprint density at radius 1 is 1.14 bits per heavy atom. The first-order valence-electron chi connectivity index (χ1n) is 5.18. The lowest BCUT2D eigenvalue weighted by Crippen LogP contribution is -2.24. The smallest absolute Gasteiger partial charge is 0.171 e. The van der Waals surface area contributed by atoms with Crippen molar-refractivity contribution in [3.8, 4) is 0 Å². The van der Waals surface area contributed by atoms with Gasteiger partial charge in [-0.05, 0) is 24.7 Å². The number of rotatable bonds is 3. The minimum atomic E-state index is -4.02. The van der Waals surface area contributed by atoms with Crippen LogP contribution < -0.4 is 0 Å². The fourth-order valence-electron chi connectivity index (χ4n) is 2.20. The van der Waals surface area contributed by atoms with E-state index < -0.39 is 12.6 Å². The highest BCUT2D eigenvalue weighted by molar-refractivity contribution is 4.96. The van der Waals surface area contributed by atoms with E-state index in [0.717, 1.165) is 32.1 Å². The third-order valence-corrected chi connectivity index (χ3v) is 3.19. The van der Waals surface area contributed by atoms with Crippen molar-refractivity contribution in [1.29, 1.82) is 0 Å². The van der Waals surface area contributed by atoms with E-state index in [1.165, 1.54) is 0 Å². The van der Waals surface area contributed by atoms with Crippen LogP contribution in [0.4, 0.5) is 13.2 Å². The summed E-state index contributed by atoms with van der Waals surface area (Å²) in [4.78, 5) is 0.